The monoisotopic (exact) mass is 411 g/mol. The average Bonchev–Trinajstić information content (AvgIpc) is 3.14. The molecule has 1 aromatic carbocycles. The van der Waals surface area contributed by atoms with E-state index in [1.807, 2.05) is 68.4 Å². The number of carbonyl (C=O) groups excluding carboxylic acids is 2. The Morgan fingerprint density at radius 1 is 1.28 bits per heavy atom. The maximum atomic E-state index is 13.3. The fourth-order valence-electron chi connectivity index (χ4n) is 3.29. The molecule has 0 fully saturated rings. The summed E-state index contributed by atoms with van der Waals surface area (Å²) in [7, 11) is 3.83. The van der Waals surface area contributed by atoms with Crippen molar-refractivity contribution in [2.24, 2.45) is 0 Å². The van der Waals surface area contributed by atoms with Gasteiger partial charge in [-0.05, 0) is 33.5 Å². The number of rotatable bonds is 7. The lowest BCUT2D eigenvalue weighted by Gasteiger charge is -2.25. The lowest BCUT2D eigenvalue weighted by Crippen LogP contribution is -2.40. The Kier molecular flexibility index (Phi) is 6.30. The van der Waals surface area contributed by atoms with Crippen molar-refractivity contribution in [3.05, 3.63) is 68.9 Å². The van der Waals surface area contributed by atoms with Gasteiger partial charge < -0.3 is 14.9 Å². The third-order valence-electron chi connectivity index (χ3n) is 4.76. The summed E-state index contributed by atoms with van der Waals surface area (Å²) in [5.74, 6) is -1.33. The first kappa shape index (κ1) is 21.0. The fourth-order valence-corrected chi connectivity index (χ4v) is 4.17. The van der Waals surface area contributed by atoms with Crippen LogP contribution in [0.15, 0.2) is 47.7 Å². The summed E-state index contributed by atoms with van der Waals surface area (Å²) in [6, 6.07) is 9.03. The van der Waals surface area contributed by atoms with Gasteiger partial charge >= 0.3 is 0 Å². The highest BCUT2D eigenvalue weighted by molar-refractivity contribution is 7.14. The van der Waals surface area contributed by atoms with E-state index >= 15 is 0 Å². The van der Waals surface area contributed by atoms with E-state index in [1.165, 1.54) is 11.3 Å². The predicted molar refractivity (Wildman–Crippen MR) is 115 cm³/mol. The molecule has 1 aliphatic rings. The van der Waals surface area contributed by atoms with Crippen LogP contribution in [0.5, 0.6) is 0 Å². The van der Waals surface area contributed by atoms with Gasteiger partial charge in [-0.25, -0.2) is 4.98 Å². The zero-order chi connectivity index (χ0) is 21.1. The van der Waals surface area contributed by atoms with Crippen molar-refractivity contribution in [3.63, 3.8) is 0 Å². The van der Waals surface area contributed by atoms with Crippen LogP contribution < -0.4 is 0 Å². The molecule has 6 nitrogen and oxygen atoms in total. The van der Waals surface area contributed by atoms with Gasteiger partial charge in [0, 0.05) is 13.1 Å². The highest BCUT2D eigenvalue weighted by atomic mass is 32.1. The molecule has 0 saturated carbocycles. The largest absolute Gasteiger partial charge is 0.503 e. The summed E-state index contributed by atoms with van der Waals surface area (Å²) in [6.07, 6.45) is 3.68. The topological polar surface area (TPSA) is 73.7 Å². The lowest BCUT2D eigenvalue weighted by atomic mass is 10.0. The summed E-state index contributed by atoms with van der Waals surface area (Å²) in [5, 5.41) is 11.4. The smallest absolute Gasteiger partial charge is 0.290 e. The standard InChI is InChI=1S/C22H25N3O3S/c1-14-21(29-15(2)23-14)19(26)18-17(11-10-16-8-6-5-7-9-16)25(13-12-24(3)4)22(28)20(18)27/h5-11,17,27H,12-13H2,1-4H3. The lowest BCUT2D eigenvalue weighted by molar-refractivity contribution is -0.128. The molecule has 1 amide bonds. The number of ketones is 1. The number of aliphatic hydroxyl groups is 1. The molecule has 29 heavy (non-hydrogen) atoms. The first-order chi connectivity index (χ1) is 13.8. The number of benzene rings is 1. The first-order valence-electron chi connectivity index (χ1n) is 9.40. The number of thiazole rings is 1. The van der Waals surface area contributed by atoms with E-state index in [4.69, 9.17) is 0 Å². The average molecular weight is 412 g/mol. The molecule has 1 unspecified atom stereocenters. The van der Waals surface area contributed by atoms with Crippen molar-refractivity contribution in [3.8, 4) is 0 Å². The van der Waals surface area contributed by atoms with Crippen LogP contribution in [0, 0.1) is 13.8 Å². The van der Waals surface area contributed by atoms with E-state index in [0.717, 1.165) is 10.6 Å². The molecule has 2 heterocycles. The van der Waals surface area contributed by atoms with Crippen molar-refractivity contribution in [2.75, 3.05) is 27.2 Å². The van der Waals surface area contributed by atoms with Crippen molar-refractivity contribution in [1.82, 2.24) is 14.8 Å². The molecule has 1 atom stereocenters. The number of carbonyl (C=O) groups is 2. The normalized spacial score (nSPS) is 17.2. The van der Waals surface area contributed by atoms with Crippen LogP contribution >= 0.6 is 11.3 Å². The summed E-state index contributed by atoms with van der Waals surface area (Å²) >= 11 is 1.28. The minimum Gasteiger partial charge on any atom is -0.503 e. The quantitative estimate of drug-likeness (QED) is 0.708. The van der Waals surface area contributed by atoms with E-state index in [-0.39, 0.29) is 11.4 Å². The Hall–Kier alpha value is -2.77. The molecule has 0 spiro atoms. The zero-order valence-corrected chi connectivity index (χ0v) is 17.9. The highest BCUT2D eigenvalue weighted by Gasteiger charge is 2.42. The molecule has 7 heteroatoms. The summed E-state index contributed by atoms with van der Waals surface area (Å²) in [6.45, 7) is 4.62. The summed E-state index contributed by atoms with van der Waals surface area (Å²) < 4.78 is 0. The third-order valence-corrected chi connectivity index (χ3v) is 5.83. The van der Waals surface area contributed by atoms with Gasteiger partial charge in [0.2, 0.25) is 5.78 Å². The fraction of sp³-hybridized carbons (Fsp3) is 0.318. The number of nitrogens with zero attached hydrogens (tertiary/aromatic N) is 3. The Morgan fingerprint density at radius 2 is 1.97 bits per heavy atom. The minimum absolute atomic E-state index is 0.118. The third kappa shape index (κ3) is 4.46. The first-order valence-corrected chi connectivity index (χ1v) is 10.2. The Bertz CT molecular complexity index is 976. The van der Waals surface area contributed by atoms with Crippen LogP contribution in [0.4, 0.5) is 0 Å². The van der Waals surface area contributed by atoms with Gasteiger partial charge in [0.15, 0.2) is 5.76 Å². The van der Waals surface area contributed by atoms with Crippen LogP contribution in [0.1, 0.15) is 25.9 Å². The molecule has 3 rings (SSSR count). The SMILES string of the molecule is Cc1nc(C)c(C(=O)C2=C(O)C(=O)N(CCN(C)C)C2C=Cc2ccccc2)s1. The molecule has 0 radical (unpaired) electrons. The molecule has 0 saturated heterocycles. The van der Waals surface area contributed by atoms with E-state index < -0.39 is 17.7 Å². The molecule has 2 aromatic rings. The number of aryl methyl sites for hydroxylation is 2. The van der Waals surface area contributed by atoms with Gasteiger partial charge in [0.1, 0.15) is 0 Å². The maximum Gasteiger partial charge on any atom is 0.290 e. The van der Waals surface area contributed by atoms with E-state index in [2.05, 4.69) is 4.98 Å². The number of amides is 1. The number of Topliss-reactive ketones (excluding diaryl/α,β-unsaturated/α-hetero) is 1. The van der Waals surface area contributed by atoms with Gasteiger partial charge in [0.25, 0.3) is 5.91 Å². The second-order valence-electron chi connectivity index (χ2n) is 7.26. The highest BCUT2D eigenvalue weighted by Crippen LogP contribution is 2.31. The van der Waals surface area contributed by atoms with Crippen molar-refractivity contribution in [1.29, 1.82) is 0 Å². The number of hydrogen-bond acceptors (Lipinski definition) is 6. The second kappa shape index (κ2) is 8.71. The van der Waals surface area contributed by atoms with Crippen molar-refractivity contribution in [2.45, 2.75) is 19.9 Å². The van der Waals surface area contributed by atoms with Crippen LogP contribution in [0.2, 0.25) is 0 Å². The number of hydrogen-bond donors (Lipinski definition) is 1. The number of aromatic nitrogens is 1. The molecule has 1 aliphatic heterocycles. The molecular formula is C22H25N3O3S. The van der Waals surface area contributed by atoms with Crippen LogP contribution in [-0.2, 0) is 4.79 Å². The van der Waals surface area contributed by atoms with Gasteiger partial charge in [0.05, 0.1) is 27.2 Å². The zero-order valence-electron chi connectivity index (χ0n) is 17.0. The van der Waals surface area contributed by atoms with E-state index in [1.54, 1.807) is 11.8 Å². The van der Waals surface area contributed by atoms with Crippen molar-refractivity contribution < 1.29 is 14.7 Å². The molecule has 0 bridgehead atoms. The van der Waals surface area contributed by atoms with Crippen LogP contribution in [0.25, 0.3) is 6.08 Å². The molecule has 0 aliphatic carbocycles. The van der Waals surface area contributed by atoms with Crippen molar-refractivity contribution >= 4 is 29.1 Å². The Labute approximate surface area is 174 Å². The van der Waals surface area contributed by atoms with Gasteiger partial charge in [-0.2, -0.15) is 0 Å². The predicted octanol–water partition coefficient (Wildman–Crippen LogP) is 3.24. The number of likely N-dealkylation sites (N-methyl/N-ethyl adjacent to an activating group) is 1. The minimum atomic E-state index is -0.628. The second-order valence-corrected chi connectivity index (χ2v) is 8.46. The van der Waals surface area contributed by atoms with Gasteiger partial charge in [-0.3, -0.25) is 9.59 Å². The Morgan fingerprint density at radius 3 is 2.55 bits per heavy atom. The molecule has 1 aromatic heterocycles. The molecule has 152 valence electrons. The Balaban J connectivity index is 2.00. The van der Waals surface area contributed by atoms with Gasteiger partial charge in [-0.1, -0.05) is 42.5 Å². The maximum absolute atomic E-state index is 13.3. The van der Waals surface area contributed by atoms with Gasteiger partial charge in [-0.15, -0.1) is 11.3 Å². The summed E-state index contributed by atoms with van der Waals surface area (Å²) in [4.78, 5) is 34.3. The van der Waals surface area contributed by atoms with Crippen LogP contribution in [-0.4, -0.2) is 64.8 Å². The van der Waals surface area contributed by atoms with E-state index in [9.17, 15) is 14.7 Å². The molecular weight excluding hydrogens is 386 g/mol. The van der Waals surface area contributed by atoms with Crippen LogP contribution in [0.3, 0.4) is 0 Å². The number of aliphatic hydroxyl groups excluding tert-OH is 1. The summed E-state index contributed by atoms with van der Waals surface area (Å²) in [5.41, 5.74) is 1.69. The van der Waals surface area contributed by atoms with E-state index in [0.29, 0.717) is 23.7 Å². The molecule has 1 N–H and O–H groups in total.